The van der Waals surface area contributed by atoms with Gasteiger partial charge in [-0.05, 0) is 61.0 Å². The van der Waals surface area contributed by atoms with E-state index in [1.165, 1.54) is 37.7 Å². The highest BCUT2D eigenvalue weighted by molar-refractivity contribution is 5.36. The molecule has 0 heterocycles. The van der Waals surface area contributed by atoms with Crippen LogP contribution in [0.15, 0.2) is 24.3 Å². The summed E-state index contributed by atoms with van der Waals surface area (Å²) in [6.07, 6.45) is 6.52. The molecule has 0 aliphatic heterocycles. The molecule has 2 nitrogen and oxygen atoms in total. The van der Waals surface area contributed by atoms with Crippen molar-refractivity contribution in [1.29, 1.82) is 0 Å². The van der Waals surface area contributed by atoms with Crippen molar-refractivity contribution >= 4 is 0 Å². The summed E-state index contributed by atoms with van der Waals surface area (Å²) in [7, 11) is 0. The van der Waals surface area contributed by atoms with Gasteiger partial charge in [0.2, 0.25) is 0 Å². The lowest BCUT2D eigenvalue weighted by molar-refractivity contribution is 0.161. The highest BCUT2D eigenvalue weighted by atomic mass is 15.2. The van der Waals surface area contributed by atoms with Crippen molar-refractivity contribution < 1.29 is 0 Å². The van der Waals surface area contributed by atoms with E-state index in [1.807, 2.05) is 0 Å². The summed E-state index contributed by atoms with van der Waals surface area (Å²) in [5.41, 5.74) is 6.28. The zero-order valence-corrected chi connectivity index (χ0v) is 12.8. The van der Waals surface area contributed by atoms with Gasteiger partial charge < -0.3 is 0 Å². The quantitative estimate of drug-likeness (QED) is 0.651. The molecular weight excluding hydrogens is 244 g/mol. The SMILES string of the molecule is CC1CC(C)CC(C(NN)C2CCc3ccccc32)C1. The van der Waals surface area contributed by atoms with E-state index in [0.717, 1.165) is 17.8 Å². The molecule has 0 spiro atoms. The molecular formula is C18H28N2. The van der Waals surface area contributed by atoms with Crippen LogP contribution < -0.4 is 11.3 Å². The molecule has 0 saturated heterocycles. The largest absolute Gasteiger partial charge is 0.271 e. The van der Waals surface area contributed by atoms with Crippen LogP contribution in [0.4, 0.5) is 0 Å². The number of rotatable bonds is 3. The molecule has 1 saturated carbocycles. The molecule has 2 aliphatic rings. The minimum Gasteiger partial charge on any atom is -0.271 e. The van der Waals surface area contributed by atoms with Gasteiger partial charge in [-0.25, -0.2) is 0 Å². The number of fused-ring (bicyclic) bond motifs is 1. The van der Waals surface area contributed by atoms with E-state index in [4.69, 9.17) is 5.84 Å². The lowest BCUT2D eigenvalue weighted by atomic mass is 9.70. The number of nitrogens with one attached hydrogen (secondary N) is 1. The predicted octanol–water partition coefficient (Wildman–Crippen LogP) is 3.62. The van der Waals surface area contributed by atoms with Crippen LogP contribution in [0.25, 0.3) is 0 Å². The number of nitrogens with two attached hydrogens (primary N) is 1. The molecule has 0 radical (unpaired) electrons. The molecule has 3 N–H and O–H groups in total. The average Bonchev–Trinajstić information content (AvgIpc) is 2.83. The predicted molar refractivity (Wildman–Crippen MR) is 84.3 cm³/mol. The van der Waals surface area contributed by atoms with E-state index >= 15 is 0 Å². The van der Waals surface area contributed by atoms with Gasteiger partial charge in [0.05, 0.1) is 0 Å². The Balaban J connectivity index is 1.80. The minimum atomic E-state index is 0.448. The summed E-state index contributed by atoms with van der Waals surface area (Å²) in [4.78, 5) is 0. The molecule has 4 atom stereocenters. The second-order valence-corrected chi connectivity index (χ2v) is 7.21. The lowest BCUT2D eigenvalue weighted by Crippen LogP contribution is -2.46. The average molecular weight is 272 g/mol. The van der Waals surface area contributed by atoms with Gasteiger partial charge in [0.15, 0.2) is 0 Å². The monoisotopic (exact) mass is 272 g/mol. The van der Waals surface area contributed by atoms with Crippen molar-refractivity contribution in [2.75, 3.05) is 0 Å². The molecule has 3 rings (SSSR count). The highest BCUT2D eigenvalue weighted by Crippen LogP contribution is 2.43. The van der Waals surface area contributed by atoms with Gasteiger partial charge in [-0.2, -0.15) is 0 Å². The summed E-state index contributed by atoms with van der Waals surface area (Å²) < 4.78 is 0. The first-order valence-electron chi connectivity index (χ1n) is 8.23. The van der Waals surface area contributed by atoms with Crippen LogP contribution in [0.2, 0.25) is 0 Å². The first-order chi connectivity index (χ1) is 9.69. The van der Waals surface area contributed by atoms with E-state index in [9.17, 15) is 0 Å². The standard InChI is InChI=1S/C18H28N2/c1-12-9-13(2)11-15(10-12)18(20-19)17-8-7-14-5-3-4-6-16(14)17/h3-6,12-13,15,17-18,20H,7-11,19H2,1-2H3. The minimum absolute atomic E-state index is 0.448. The van der Waals surface area contributed by atoms with Gasteiger partial charge in [0.1, 0.15) is 0 Å². The smallest absolute Gasteiger partial charge is 0.0307 e. The topological polar surface area (TPSA) is 38.0 Å². The molecule has 20 heavy (non-hydrogen) atoms. The van der Waals surface area contributed by atoms with Crippen LogP contribution in [-0.4, -0.2) is 6.04 Å². The van der Waals surface area contributed by atoms with Crippen LogP contribution in [0.1, 0.15) is 56.6 Å². The number of hydrazine groups is 1. The van der Waals surface area contributed by atoms with Gasteiger partial charge in [-0.1, -0.05) is 38.1 Å². The Bertz CT molecular complexity index is 446. The van der Waals surface area contributed by atoms with Gasteiger partial charge in [0, 0.05) is 12.0 Å². The van der Waals surface area contributed by atoms with Crippen LogP contribution >= 0.6 is 0 Å². The summed E-state index contributed by atoms with van der Waals surface area (Å²) in [6.45, 7) is 4.80. The van der Waals surface area contributed by atoms with Crippen LogP contribution in [0.5, 0.6) is 0 Å². The van der Waals surface area contributed by atoms with Crippen molar-refractivity contribution in [3.8, 4) is 0 Å². The maximum absolute atomic E-state index is 5.98. The Morgan fingerprint density at radius 2 is 1.80 bits per heavy atom. The molecule has 2 heteroatoms. The van der Waals surface area contributed by atoms with Gasteiger partial charge in [-0.3, -0.25) is 11.3 Å². The molecule has 2 aliphatic carbocycles. The fraction of sp³-hybridized carbons (Fsp3) is 0.667. The first kappa shape index (κ1) is 14.1. The zero-order chi connectivity index (χ0) is 14.1. The van der Waals surface area contributed by atoms with Crippen molar-refractivity contribution in [2.24, 2.45) is 23.6 Å². The van der Waals surface area contributed by atoms with E-state index in [2.05, 4.69) is 43.5 Å². The Kier molecular flexibility index (Phi) is 4.13. The second kappa shape index (κ2) is 5.87. The van der Waals surface area contributed by atoms with Crippen LogP contribution in [0.3, 0.4) is 0 Å². The van der Waals surface area contributed by atoms with Crippen molar-refractivity contribution in [2.45, 2.75) is 57.9 Å². The maximum atomic E-state index is 5.98. The molecule has 1 aromatic carbocycles. The molecule has 1 aromatic rings. The molecule has 0 amide bonds. The lowest BCUT2D eigenvalue weighted by Gasteiger charge is -2.39. The van der Waals surface area contributed by atoms with Crippen LogP contribution in [-0.2, 0) is 6.42 Å². The summed E-state index contributed by atoms with van der Waals surface area (Å²) in [5, 5.41) is 0. The third-order valence-corrected chi connectivity index (χ3v) is 5.53. The summed E-state index contributed by atoms with van der Waals surface area (Å²) in [5.74, 6) is 9.01. The van der Waals surface area contributed by atoms with Gasteiger partial charge >= 0.3 is 0 Å². The molecule has 1 fully saturated rings. The number of benzene rings is 1. The normalized spacial score (nSPS) is 34.8. The van der Waals surface area contributed by atoms with E-state index in [0.29, 0.717) is 12.0 Å². The van der Waals surface area contributed by atoms with Crippen molar-refractivity contribution in [3.05, 3.63) is 35.4 Å². The van der Waals surface area contributed by atoms with Gasteiger partial charge in [0.25, 0.3) is 0 Å². The number of aryl methyl sites for hydroxylation is 1. The fourth-order valence-electron chi connectivity index (χ4n) is 4.85. The van der Waals surface area contributed by atoms with Crippen molar-refractivity contribution in [3.63, 3.8) is 0 Å². The number of hydrogen-bond donors (Lipinski definition) is 2. The molecule has 0 aromatic heterocycles. The summed E-state index contributed by atoms with van der Waals surface area (Å²) in [6, 6.07) is 9.39. The second-order valence-electron chi connectivity index (χ2n) is 7.21. The van der Waals surface area contributed by atoms with E-state index in [1.54, 1.807) is 5.56 Å². The van der Waals surface area contributed by atoms with Gasteiger partial charge in [-0.15, -0.1) is 0 Å². The van der Waals surface area contributed by atoms with Crippen LogP contribution in [0, 0.1) is 17.8 Å². The zero-order valence-electron chi connectivity index (χ0n) is 12.8. The Morgan fingerprint density at radius 1 is 1.10 bits per heavy atom. The van der Waals surface area contributed by atoms with E-state index < -0.39 is 0 Å². The maximum Gasteiger partial charge on any atom is 0.0307 e. The molecule has 0 bridgehead atoms. The molecule has 4 unspecified atom stereocenters. The van der Waals surface area contributed by atoms with E-state index in [-0.39, 0.29) is 0 Å². The Labute approximate surface area is 123 Å². The third-order valence-electron chi connectivity index (χ3n) is 5.53. The third kappa shape index (κ3) is 2.64. The highest BCUT2D eigenvalue weighted by Gasteiger charge is 2.37. The number of hydrogen-bond acceptors (Lipinski definition) is 2. The molecule has 110 valence electrons. The fourth-order valence-corrected chi connectivity index (χ4v) is 4.85. The first-order valence-corrected chi connectivity index (χ1v) is 8.23. The Hall–Kier alpha value is -0.860. The Morgan fingerprint density at radius 3 is 2.50 bits per heavy atom. The van der Waals surface area contributed by atoms with Crippen molar-refractivity contribution in [1.82, 2.24) is 5.43 Å². The summed E-state index contributed by atoms with van der Waals surface area (Å²) >= 11 is 0.